The molecule has 15 atom stereocenters. The number of nitrogens with zero attached hydrogens (tertiary/aromatic N) is 6. The van der Waals surface area contributed by atoms with E-state index in [-0.39, 0.29) is 69.4 Å². The number of aromatic nitrogens is 4. The van der Waals surface area contributed by atoms with Gasteiger partial charge in [-0.25, -0.2) is 4.98 Å². The fraction of sp³-hybridized carbons (Fsp3) is 0.506. The SMILES string of the molecule is CCCC[C@H]1C(=O)N(C)[C@@H](CCCC)C(=O)N[C@@H](C)C(=O)N[C@H](C(=O)NCC(N)=O)CSCC(=O)N[C@@H](Cc2ccc(O)cc2)C(=O)N(C)[C@@H](C)C(=O)N[C@@H](CC(N)=O)C(=O)N2CCC[C@H]2C(=O)N[C@@H](Cc2cnc[nH]2)C(=O)N[C@@H](CCC(N)=O)C(=O)N2C[C@H](O)C[C@H]2C(=O)N[C@@H](Cc2c[nH]c3ccccc23)C(=O)N[C@@H](CO)C(=O)N[C@@H](Cc2c[nH]c3c(Br)cccc23)C(=O)N1C. The van der Waals surface area contributed by atoms with Crippen molar-refractivity contribution in [1.29, 1.82) is 0 Å². The van der Waals surface area contributed by atoms with Gasteiger partial charge in [-0.05, 0) is 103 Å². The fourth-order valence-corrected chi connectivity index (χ4v) is 17.4. The van der Waals surface area contributed by atoms with E-state index in [9.17, 15) is 68.1 Å². The molecule has 43 nitrogen and oxygen atoms in total. The minimum absolute atomic E-state index is 0.00430. The lowest BCUT2D eigenvalue weighted by molar-refractivity contribution is -0.149. The summed E-state index contributed by atoms with van der Waals surface area (Å²) in [4.78, 5) is 279. The van der Waals surface area contributed by atoms with Gasteiger partial charge in [0.25, 0.3) is 0 Å². The number of carbonyl (C=O) groups is 18. The molecule has 132 heavy (non-hydrogen) atoms. The number of thioether (sulfide) groups is 1. The van der Waals surface area contributed by atoms with Gasteiger partial charge in [0, 0.05) is 124 Å². The smallest absolute Gasteiger partial charge is 0.246 e. The maximum atomic E-state index is 15.7. The fourth-order valence-electron chi connectivity index (χ4n) is 16.0. The molecule has 18 amide bonds. The number of primary amides is 3. The highest BCUT2D eigenvalue weighted by Crippen LogP contribution is 2.30. The number of benzene rings is 3. The van der Waals surface area contributed by atoms with E-state index in [4.69, 9.17) is 17.2 Å². The molecule has 3 aliphatic rings. The first-order valence-electron chi connectivity index (χ1n) is 43.5. The molecule has 22 N–H and O–H groups in total. The average molecular weight is 1920 g/mol. The number of halogens is 1. The Morgan fingerprint density at radius 1 is 0.553 bits per heavy atom. The van der Waals surface area contributed by atoms with Crippen LogP contribution in [0.25, 0.3) is 21.8 Å². The maximum absolute atomic E-state index is 15.7. The van der Waals surface area contributed by atoms with E-state index < -0.39 is 254 Å². The van der Waals surface area contributed by atoms with E-state index in [1.165, 1.54) is 71.8 Å². The molecule has 0 spiro atoms. The number of phenols is 1. The second-order valence-electron chi connectivity index (χ2n) is 33.2. The van der Waals surface area contributed by atoms with Crippen molar-refractivity contribution in [2.24, 2.45) is 17.2 Å². The number of hydrogen-bond donors (Lipinski definition) is 19. The Morgan fingerprint density at radius 3 is 1.80 bits per heavy atom. The molecule has 6 aromatic rings. The zero-order chi connectivity index (χ0) is 96.5. The third-order valence-electron chi connectivity index (χ3n) is 23.5. The number of H-pyrrole nitrogens is 3. The number of amides is 18. The van der Waals surface area contributed by atoms with Gasteiger partial charge in [-0.3, -0.25) is 86.3 Å². The number of rotatable bonds is 23. The first-order valence-corrected chi connectivity index (χ1v) is 45.4. The van der Waals surface area contributed by atoms with Crippen molar-refractivity contribution < 1.29 is 102 Å². The Balaban J connectivity index is 1.09. The lowest BCUT2D eigenvalue weighted by Gasteiger charge is -2.36. The van der Waals surface area contributed by atoms with Crippen LogP contribution in [0.1, 0.15) is 127 Å². The normalized spacial score (nSPS) is 25.0. The van der Waals surface area contributed by atoms with E-state index in [2.05, 4.69) is 89.0 Å². The molecule has 0 bridgehead atoms. The number of aliphatic hydroxyl groups is 2. The van der Waals surface area contributed by atoms with Gasteiger partial charge in [0.05, 0.1) is 43.3 Å². The predicted octanol–water partition coefficient (Wildman–Crippen LogP) is -3.19. The highest BCUT2D eigenvalue weighted by Gasteiger charge is 2.47. The van der Waals surface area contributed by atoms with Crippen LogP contribution in [0.3, 0.4) is 0 Å². The van der Waals surface area contributed by atoms with Gasteiger partial charge in [0.1, 0.15) is 90.3 Å². The average Bonchev–Trinajstić information content (AvgIpc) is 1.62. The predicted molar refractivity (Wildman–Crippen MR) is 483 cm³/mol. The summed E-state index contributed by atoms with van der Waals surface area (Å²) in [6.45, 7) is 3.65. The zero-order valence-electron chi connectivity index (χ0n) is 74.3. The van der Waals surface area contributed by atoms with Gasteiger partial charge in [-0.2, -0.15) is 0 Å². The highest BCUT2D eigenvalue weighted by molar-refractivity contribution is 9.10. The van der Waals surface area contributed by atoms with Crippen LogP contribution in [0.4, 0.5) is 0 Å². The largest absolute Gasteiger partial charge is 0.508 e. The Labute approximate surface area is 772 Å². The summed E-state index contributed by atoms with van der Waals surface area (Å²) in [6.07, 6.45) is 2.36. The lowest BCUT2D eigenvalue weighted by Crippen LogP contribution is -2.61. The van der Waals surface area contributed by atoms with Crippen LogP contribution in [0.5, 0.6) is 5.75 Å². The number of aliphatic hydroxyl groups excluding tert-OH is 2. The second-order valence-corrected chi connectivity index (χ2v) is 35.0. The number of hydrogen-bond acceptors (Lipinski definition) is 23. The number of likely N-dealkylation sites (N-methyl/N-ethyl adjacent to an activating group) is 3. The molecule has 0 radical (unpaired) electrons. The third-order valence-corrected chi connectivity index (χ3v) is 25.2. The first-order chi connectivity index (χ1) is 62.8. The van der Waals surface area contributed by atoms with E-state index in [1.54, 1.807) is 54.9 Å². The minimum atomic E-state index is -1.92. The van der Waals surface area contributed by atoms with E-state index >= 15 is 33.6 Å². The van der Waals surface area contributed by atoms with Crippen LogP contribution >= 0.6 is 27.7 Å². The number of fused-ring (bicyclic) bond motifs is 4. The number of nitrogens with two attached hydrogens (primary N) is 3. The van der Waals surface area contributed by atoms with Crippen LogP contribution in [0.2, 0.25) is 0 Å². The molecule has 45 heteroatoms. The number of para-hydroxylation sites is 2. The number of carbonyl (C=O) groups excluding carboxylic acids is 18. The first kappa shape index (κ1) is 103. The standard InChI is InChI=1S/C87H117BrN22O21S/c1-8-10-20-65-80(124)97-45(3)74(118)105-64(76(120)95-39-71(91)116)42-132-43-72(117)98-60(30-47-23-25-51(112)26-24-47)83(127)106(5)46(4)75(119)102-62(35-70(90)115)86(130)109-29-15-22-66(109)81(125)101-59(33-50-38-92-44-96-50)78(122)99-57(27-28-69(89)114)85(129)110-40-52(113)34-68(110)82(126)100-58(31-48-36-93-56-19-13-12-16-53(48)56)77(121)104-63(41-111)79(123)103-61(32-49-37-94-73-54(49)17-14-18-55(73)88)84(128)108(7)67(21-11-9-2)87(131)107(65)6/h12-14,16-19,23-26,36-38,44-46,52,57-68,93-94,111-113H,8-11,15,20-22,27-35,39-43H2,1-7H3,(H2,89,114)(H2,90,115)(H2,91,116)(H,92,96)(H,95,120)(H,97,124)(H,98,117)(H,99,122)(H,100,126)(H,101,125)(H,102,119)(H,103,123)(H,104,121)(H,105,118)/t45-,46-,52+,57-,58-,59-,60-,61-,62-,63-,64-,65-,66-,67-,68-/m0/s1. The molecule has 3 fully saturated rings. The molecule has 3 aromatic heterocycles. The van der Waals surface area contributed by atoms with E-state index in [1.807, 2.05) is 13.8 Å². The summed E-state index contributed by atoms with van der Waals surface area (Å²) >= 11 is 4.32. The molecule has 0 unspecified atom stereocenters. The van der Waals surface area contributed by atoms with Crippen LogP contribution in [-0.2, 0) is 112 Å². The molecular weight excluding hydrogens is 1800 g/mol. The van der Waals surface area contributed by atoms with E-state index in [0.29, 0.717) is 68.7 Å². The molecule has 0 aliphatic carbocycles. The van der Waals surface area contributed by atoms with Gasteiger partial charge in [0.2, 0.25) is 106 Å². The van der Waals surface area contributed by atoms with Gasteiger partial charge >= 0.3 is 0 Å². The van der Waals surface area contributed by atoms with Crippen molar-refractivity contribution in [1.82, 2.24) is 97.6 Å². The lowest BCUT2D eigenvalue weighted by atomic mass is 10.00. The maximum Gasteiger partial charge on any atom is 0.246 e. The number of aromatic hydroxyl groups is 1. The van der Waals surface area contributed by atoms with Crippen molar-refractivity contribution in [3.8, 4) is 5.75 Å². The van der Waals surface area contributed by atoms with Crippen molar-refractivity contribution in [3.63, 3.8) is 0 Å². The van der Waals surface area contributed by atoms with Gasteiger partial charge in [-0.15, -0.1) is 11.8 Å². The van der Waals surface area contributed by atoms with Crippen LogP contribution in [-0.4, -0.2) is 316 Å². The van der Waals surface area contributed by atoms with Crippen LogP contribution in [0, 0.1) is 0 Å². The van der Waals surface area contributed by atoms with E-state index in [0.717, 1.165) is 36.3 Å². The summed E-state index contributed by atoms with van der Waals surface area (Å²) in [5, 5.41) is 59.8. The summed E-state index contributed by atoms with van der Waals surface area (Å²) < 4.78 is 0.633. The molecule has 3 saturated heterocycles. The zero-order valence-corrected chi connectivity index (χ0v) is 76.7. The Bertz CT molecular complexity index is 5190. The summed E-state index contributed by atoms with van der Waals surface area (Å²) in [6, 6.07) is -4.68. The number of unbranched alkanes of at least 4 members (excludes halogenated alkanes) is 2. The molecule has 3 aliphatic heterocycles. The van der Waals surface area contributed by atoms with Crippen LogP contribution < -0.4 is 70.4 Å². The van der Waals surface area contributed by atoms with Crippen molar-refractivity contribution >= 4 is 156 Å². The van der Waals surface area contributed by atoms with Gasteiger partial charge in [-0.1, -0.05) is 82.0 Å². The molecule has 3 aromatic carbocycles. The summed E-state index contributed by atoms with van der Waals surface area (Å²) in [5.74, 6) is -18.7. The monoisotopic (exact) mass is 1920 g/mol. The molecule has 9 rings (SSSR count). The number of imidazole rings is 1. The van der Waals surface area contributed by atoms with Crippen LogP contribution in [0.15, 0.2) is 96.1 Å². The van der Waals surface area contributed by atoms with Gasteiger partial charge < -0.3 is 125 Å². The quantitative estimate of drug-likeness (QED) is 0.0301. The number of phenolic OH excluding ortho intramolecular Hbond substituents is 1. The second kappa shape index (κ2) is 48.2. The van der Waals surface area contributed by atoms with Crippen molar-refractivity contribution in [2.45, 2.75) is 221 Å². The molecule has 6 heterocycles. The Hall–Kier alpha value is -13.0. The number of nitrogens with one attached hydrogen (secondary N) is 13. The topological polar surface area (TPSA) is 643 Å². The van der Waals surface area contributed by atoms with Gasteiger partial charge in [0.15, 0.2) is 0 Å². The highest BCUT2D eigenvalue weighted by atomic mass is 79.9. The minimum Gasteiger partial charge on any atom is -0.508 e. The molecule has 714 valence electrons. The summed E-state index contributed by atoms with van der Waals surface area (Å²) in [5.41, 5.74) is 19.5. The molecule has 0 saturated carbocycles. The summed E-state index contributed by atoms with van der Waals surface area (Å²) in [7, 11) is 3.88. The van der Waals surface area contributed by atoms with Crippen molar-refractivity contribution in [2.75, 3.05) is 58.9 Å². The van der Waals surface area contributed by atoms with Crippen molar-refractivity contribution in [3.05, 3.63) is 119 Å². The molecular formula is C87H117BrN22O21S. The number of aromatic amines is 3. The Morgan fingerprint density at radius 2 is 1.14 bits per heavy atom. The third kappa shape index (κ3) is 27.5. The Kier molecular flexibility index (Phi) is 37.5.